The van der Waals surface area contributed by atoms with Gasteiger partial charge in [0.2, 0.25) is 5.90 Å². The number of aliphatic imine (C=N–C) groups is 1. The zero-order chi connectivity index (χ0) is 13.9. The van der Waals surface area contributed by atoms with Gasteiger partial charge in [0, 0.05) is 5.56 Å². The van der Waals surface area contributed by atoms with Crippen LogP contribution in [0.1, 0.15) is 37.7 Å². The highest BCUT2D eigenvalue weighted by molar-refractivity contribution is 6.11. The van der Waals surface area contributed by atoms with Crippen LogP contribution in [0, 0.1) is 0 Å². The van der Waals surface area contributed by atoms with Crippen LogP contribution in [0.5, 0.6) is 5.75 Å². The maximum absolute atomic E-state index is 12.0. The number of cyclic esters (lactones) is 1. The monoisotopic (exact) mass is 271 g/mol. The molecule has 1 heterocycles. The van der Waals surface area contributed by atoms with Crippen LogP contribution >= 0.6 is 0 Å². The smallest absolute Gasteiger partial charge is 0.363 e. The van der Waals surface area contributed by atoms with Crippen molar-refractivity contribution in [3.63, 3.8) is 0 Å². The molecular weight excluding hydrogens is 254 g/mol. The van der Waals surface area contributed by atoms with Gasteiger partial charge in [0.15, 0.2) is 5.70 Å². The molecule has 2 aliphatic rings. The summed E-state index contributed by atoms with van der Waals surface area (Å²) >= 11 is 0. The first-order chi connectivity index (χ1) is 9.78. The minimum Gasteiger partial charge on any atom is -0.497 e. The molecule has 4 heteroatoms. The molecular formula is C16H17NO3. The molecule has 3 rings (SSSR count). The van der Waals surface area contributed by atoms with Gasteiger partial charge in [-0.1, -0.05) is 12.5 Å². The molecule has 0 unspecified atom stereocenters. The first kappa shape index (κ1) is 12.9. The van der Waals surface area contributed by atoms with E-state index in [4.69, 9.17) is 9.47 Å². The van der Waals surface area contributed by atoms with Crippen molar-refractivity contribution in [3.8, 4) is 5.75 Å². The van der Waals surface area contributed by atoms with Gasteiger partial charge in [0.25, 0.3) is 0 Å². The van der Waals surface area contributed by atoms with Crippen LogP contribution in [0.3, 0.4) is 0 Å². The Hall–Kier alpha value is -2.10. The van der Waals surface area contributed by atoms with Gasteiger partial charge < -0.3 is 9.47 Å². The molecule has 1 fully saturated rings. The van der Waals surface area contributed by atoms with E-state index < -0.39 is 0 Å². The third kappa shape index (κ3) is 2.46. The fourth-order valence-electron chi connectivity index (χ4n) is 2.62. The average molecular weight is 271 g/mol. The molecule has 1 aromatic rings. The average Bonchev–Trinajstić information content (AvgIpc) is 2.90. The van der Waals surface area contributed by atoms with Crippen LogP contribution in [0.4, 0.5) is 0 Å². The molecule has 0 aromatic heterocycles. The van der Waals surface area contributed by atoms with E-state index in [-0.39, 0.29) is 5.97 Å². The summed E-state index contributed by atoms with van der Waals surface area (Å²) in [6.07, 6.45) is 5.42. The maximum Gasteiger partial charge on any atom is 0.363 e. The lowest BCUT2D eigenvalue weighted by molar-refractivity contribution is -0.130. The second-order valence-corrected chi connectivity index (χ2v) is 5.05. The summed E-state index contributed by atoms with van der Waals surface area (Å²) < 4.78 is 10.5. The quantitative estimate of drug-likeness (QED) is 0.613. The molecule has 4 nitrogen and oxygen atoms in total. The first-order valence-electron chi connectivity index (χ1n) is 6.95. The number of ether oxygens (including phenoxy) is 2. The van der Waals surface area contributed by atoms with E-state index in [1.165, 1.54) is 6.42 Å². The highest BCUT2D eigenvalue weighted by Gasteiger charge is 2.27. The van der Waals surface area contributed by atoms with Crippen molar-refractivity contribution >= 4 is 11.9 Å². The molecule has 0 spiro atoms. The molecule has 1 aliphatic carbocycles. The van der Waals surface area contributed by atoms with Crippen molar-refractivity contribution in [1.82, 2.24) is 0 Å². The molecule has 0 amide bonds. The van der Waals surface area contributed by atoms with Gasteiger partial charge in [-0.05, 0) is 49.5 Å². The highest BCUT2D eigenvalue weighted by Crippen LogP contribution is 2.30. The molecule has 1 saturated carbocycles. The second kappa shape index (κ2) is 5.49. The Balaban J connectivity index is 1.93. The van der Waals surface area contributed by atoms with Gasteiger partial charge >= 0.3 is 5.97 Å². The minimum absolute atomic E-state index is 0.320. The zero-order valence-corrected chi connectivity index (χ0v) is 11.5. The van der Waals surface area contributed by atoms with Crippen molar-refractivity contribution in [2.75, 3.05) is 7.11 Å². The topological polar surface area (TPSA) is 47.9 Å². The van der Waals surface area contributed by atoms with Gasteiger partial charge in [0.1, 0.15) is 5.75 Å². The number of carbonyl (C=O) groups is 1. The molecule has 0 atom stereocenters. The van der Waals surface area contributed by atoms with Crippen LogP contribution in [0.25, 0.3) is 0 Å². The number of carbonyl (C=O) groups excluding carboxylic acids is 1. The molecule has 0 saturated heterocycles. The van der Waals surface area contributed by atoms with Gasteiger partial charge in [-0.2, -0.15) is 0 Å². The Labute approximate surface area is 118 Å². The molecule has 0 radical (unpaired) electrons. The summed E-state index contributed by atoms with van der Waals surface area (Å²) in [6.45, 7) is 0. The van der Waals surface area contributed by atoms with Crippen molar-refractivity contribution < 1.29 is 14.3 Å². The predicted octanol–water partition coefficient (Wildman–Crippen LogP) is 3.22. The van der Waals surface area contributed by atoms with Gasteiger partial charge in [0.05, 0.1) is 7.11 Å². The van der Waals surface area contributed by atoms with E-state index in [9.17, 15) is 4.79 Å². The summed E-state index contributed by atoms with van der Waals surface area (Å²) in [5.41, 5.74) is 2.42. The zero-order valence-electron chi connectivity index (χ0n) is 11.5. The van der Waals surface area contributed by atoms with Gasteiger partial charge in [-0.25, -0.2) is 9.79 Å². The lowest BCUT2D eigenvalue weighted by Crippen LogP contribution is -2.07. The fraction of sp³-hybridized carbons (Fsp3) is 0.375. The summed E-state index contributed by atoms with van der Waals surface area (Å²) in [7, 11) is 1.61. The SMILES string of the molecule is COc1cccc(C2=NC(=C3CCCCC3)C(=O)O2)c1. The van der Waals surface area contributed by atoms with Gasteiger partial charge in [-0.3, -0.25) is 0 Å². The second-order valence-electron chi connectivity index (χ2n) is 5.05. The Kier molecular flexibility index (Phi) is 3.54. The van der Waals surface area contributed by atoms with Crippen molar-refractivity contribution in [3.05, 3.63) is 41.1 Å². The van der Waals surface area contributed by atoms with E-state index in [1.54, 1.807) is 7.11 Å². The summed E-state index contributed by atoms with van der Waals surface area (Å²) in [5, 5.41) is 0. The number of hydrogen-bond acceptors (Lipinski definition) is 4. The fourth-order valence-corrected chi connectivity index (χ4v) is 2.62. The van der Waals surface area contributed by atoms with E-state index in [1.807, 2.05) is 24.3 Å². The maximum atomic E-state index is 12.0. The number of methoxy groups -OCH3 is 1. The normalized spacial score (nSPS) is 18.9. The van der Waals surface area contributed by atoms with Crippen LogP contribution in [0.2, 0.25) is 0 Å². The molecule has 0 bridgehead atoms. The molecule has 104 valence electrons. The number of rotatable bonds is 2. The Bertz CT molecular complexity index is 593. The van der Waals surface area contributed by atoms with Crippen LogP contribution < -0.4 is 4.74 Å². The van der Waals surface area contributed by atoms with Crippen molar-refractivity contribution in [2.45, 2.75) is 32.1 Å². The number of hydrogen-bond donors (Lipinski definition) is 0. The van der Waals surface area contributed by atoms with Crippen molar-refractivity contribution in [1.29, 1.82) is 0 Å². The highest BCUT2D eigenvalue weighted by atomic mass is 16.6. The summed E-state index contributed by atoms with van der Waals surface area (Å²) in [5.74, 6) is 0.779. The van der Waals surface area contributed by atoms with Crippen molar-refractivity contribution in [2.24, 2.45) is 4.99 Å². The Morgan fingerprint density at radius 1 is 1.20 bits per heavy atom. The first-order valence-corrected chi connectivity index (χ1v) is 6.95. The number of benzene rings is 1. The number of allylic oxidation sites excluding steroid dienone is 1. The summed E-state index contributed by atoms with van der Waals surface area (Å²) in [6, 6.07) is 7.39. The molecule has 20 heavy (non-hydrogen) atoms. The van der Waals surface area contributed by atoms with E-state index >= 15 is 0 Å². The van der Waals surface area contributed by atoms with E-state index in [0.29, 0.717) is 11.6 Å². The predicted molar refractivity (Wildman–Crippen MR) is 75.7 cm³/mol. The number of esters is 1. The Morgan fingerprint density at radius 3 is 2.75 bits per heavy atom. The Morgan fingerprint density at radius 2 is 2.00 bits per heavy atom. The third-order valence-electron chi connectivity index (χ3n) is 3.70. The lowest BCUT2D eigenvalue weighted by atomic mass is 9.93. The van der Waals surface area contributed by atoms with Crippen LogP contribution in [0.15, 0.2) is 40.5 Å². The molecule has 0 N–H and O–H groups in total. The lowest BCUT2D eigenvalue weighted by Gasteiger charge is -2.13. The van der Waals surface area contributed by atoms with Gasteiger partial charge in [-0.15, -0.1) is 0 Å². The van der Waals surface area contributed by atoms with E-state index in [0.717, 1.165) is 42.6 Å². The van der Waals surface area contributed by atoms with Crippen LogP contribution in [-0.2, 0) is 9.53 Å². The largest absolute Gasteiger partial charge is 0.497 e. The standard InChI is InChI=1S/C16H17NO3/c1-19-13-9-5-8-12(10-13)15-17-14(16(18)20-15)11-6-3-2-4-7-11/h5,8-10H,2-4,6-7H2,1H3. The molecule has 1 aliphatic heterocycles. The number of nitrogens with zero attached hydrogens (tertiary/aromatic N) is 1. The minimum atomic E-state index is -0.320. The molecule has 1 aromatic carbocycles. The summed E-state index contributed by atoms with van der Waals surface area (Å²) in [4.78, 5) is 16.4. The van der Waals surface area contributed by atoms with Crippen LogP contribution in [-0.4, -0.2) is 19.0 Å². The van der Waals surface area contributed by atoms with E-state index in [2.05, 4.69) is 4.99 Å². The third-order valence-corrected chi connectivity index (χ3v) is 3.70.